The van der Waals surface area contributed by atoms with Gasteiger partial charge in [0.25, 0.3) is 0 Å². The van der Waals surface area contributed by atoms with Gasteiger partial charge in [-0.1, -0.05) is 102 Å². The Morgan fingerprint density at radius 1 is 0.804 bits per heavy atom. The van der Waals surface area contributed by atoms with E-state index >= 15 is 0 Å². The lowest BCUT2D eigenvalue weighted by atomic mass is 9.57. The molecular weight excluding hydrogens is 633 g/mol. The van der Waals surface area contributed by atoms with Gasteiger partial charge in [0, 0.05) is 47.6 Å². The highest BCUT2D eigenvalue weighted by Gasteiger charge is 2.50. The number of carbonyl (C=O) groups is 1. The van der Waals surface area contributed by atoms with E-state index in [1.54, 1.807) is 0 Å². The van der Waals surface area contributed by atoms with Crippen molar-refractivity contribution < 1.29 is 11.3 Å². The molecule has 4 aliphatic carbocycles. The summed E-state index contributed by atoms with van der Waals surface area (Å²) in [4.78, 5) is 38.5. The van der Waals surface area contributed by atoms with Crippen molar-refractivity contribution in [2.45, 2.75) is 78.0 Å². The van der Waals surface area contributed by atoms with Crippen molar-refractivity contribution in [1.29, 1.82) is 0 Å². The third-order valence-corrected chi connectivity index (χ3v) is 11.7. The lowest BCUT2D eigenvalue weighted by Gasteiger charge is -2.47. The largest absolute Gasteiger partial charge is 0.523 e. The van der Waals surface area contributed by atoms with Gasteiger partial charge < -0.3 is 9.90 Å². The molecule has 51 heavy (non-hydrogen) atoms. The Hall–Kier alpha value is -5.47. The van der Waals surface area contributed by atoms with Crippen molar-refractivity contribution in [3.63, 3.8) is 0 Å². The zero-order chi connectivity index (χ0) is 37.2. The third-order valence-electron chi connectivity index (χ3n) is 11.7. The normalized spacial score (nSPS) is 27.5. The molecule has 2 aromatic carbocycles. The van der Waals surface area contributed by atoms with Gasteiger partial charge >= 0.3 is 0 Å². The molecule has 0 spiro atoms. The summed E-state index contributed by atoms with van der Waals surface area (Å²) in [7, 11) is 1.25. The summed E-state index contributed by atoms with van der Waals surface area (Å²) in [6.45, 7) is 23.1. The van der Waals surface area contributed by atoms with Crippen LogP contribution in [0.2, 0.25) is 0 Å². The second kappa shape index (κ2) is 13.7. The van der Waals surface area contributed by atoms with Crippen LogP contribution in [0.1, 0.15) is 78.2 Å². The van der Waals surface area contributed by atoms with Gasteiger partial charge in [-0.3, -0.25) is 0 Å². The van der Waals surface area contributed by atoms with Crippen LogP contribution in [-0.4, -0.2) is 30.8 Å². The minimum absolute atomic E-state index is 0.00820. The van der Waals surface area contributed by atoms with Gasteiger partial charge in [-0.2, -0.15) is 0 Å². The molecule has 0 aliphatic heterocycles. The van der Waals surface area contributed by atoms with Gasteiger partial charge in [0.2, 0.25) is 11.4 Å². The van der Waals surface area contributed by atoms with Crippen molar-refractivity contribution in [1.82, 2.24) is 19.9 Å². The van der Waals surface area contributed by atoms with Gasteiger partial charge in [0.05, 0.1) is 30.3 Å². The smallest absolute Gasteiger partial charge is 0.226 e. The average Bonchev–Trinajstić information content (AvgIpc) is 3.19. The molecule has 0 unspecified atom stereocenters. The molecule has 0 radical (unpaired) electrons. The molecule has 8 heteroatoms. The minimum Gasteiger partial charge on any atom is -0.523 e. The highest BCUT2D eigenvalue weighted by molar-refractivity contribution is 6.00. The predicted octanol–water partition coefficient (Wildman–Crippen LogP) is 9.31. The molecule has 1 N–H and O–H groups in total. The number of nitrogens with zero attached hydrogens (tertiary/aromatic N) is 6. The van der Waals surface area contributed by atoms with E-state index in [1.165, 1.54) is 13.0 Å². The quantitative estimate of drug-likeness (QED) is 0.212. The first-order valence-electron chi connectivity index (χ1n) is 18.4. The summed E-state index contributed by atoms with van der Waals surface area (Å²) in [6.07, 6.45) is 9.99. The topological polar surface area (TPSA) is 97.6 Å². The lowest BCUT2D eigenvalue weighted by Crippen LogP contribution is -2.45. The lowest BCUT2D eigenvalue weighted by molar-refractivity contribution is -0.121. The van der Waals surface area contributed by atoms with Gasteiger partial charge in [-0.05, 0) is 55.1 Å². The number of aliphatic hydroxyl groups is 1. The molecule has 2 aromatic heterocycles. The van der Waals surface area contributed by atoms with Gasteiger partial charge in [-0.25, -0.2) is 29.6 Å². The summed E-state index contributed by atoms with van der Waals surface area (Å²) < 4.78 is 5.75. The number of fused-ring (bicyclic) bond motifs is 6. The molecule has 8 rings (SSSR count). The van der Waals surface area contributed by atoms with Crippen LogP contribution in [0.5, 0.6) is 0 Å². The molecule has 0 fully saturated rings. The van der Waals surface area contributed by atoms with Gasteiger partial charge in [0.1, 0.15) is 0 Å². The van der Waals surface area contributed by atoms with E-state index in [4.69, 9.17) is 24.5 Å². The Morgan fingerprint density at radius 2 is 1.33 bits per heavy atom. The van der Waals surface area contributed by atoms with Crippen molar-refractivity contribution in [3.05, 3.63) is 142 Å². The van der Waals surface area contributed by atoms with E-state index in [2.05, 4.69) is 33.5 Å². The van der Waals surface area contributed by atoms with Gasteiger partial charge in [-0.15, -0.1) is 0 Å². The van der Waals surface area contributed by atoms with Crippen molar-refractivity contribution in [2.75, 3.05) is 0 Å². The summed E-state index contributed by atoms with van der Waals surface area (Å²) >= 11 is 0. The Labute approximate surface area is 302 Å². The van der Waals surface area contributed by atoms with Crippen LogP contribution in [0.3, 0.4) is 0 Å². The number of rotatable bonds is 2. The predicted molar refractivity (Wildman–Crippen MR) is 199 cm³/mol. The molecule has 4 aromatic rings. The van der Waals surface area contributed by atoms with E-state index in [0.29, 0.717) is 23.9 Å². The van der Waals surface area contributed by atoms with Crippen molar-refractivity contribution >= 4 is 5.78 Å². The fourth-order valence-corrected chi connectivity index (χ4v) is 8.99. The van der Waals surface area contributed by atoms with E-state index in [9.17, 15) is 9.90 Å². The van der Waals surface area contributed by atoms with Crippen LogP contribution in [0, 0.1) is 36.8 Å². The number of Topliss-reactive ketones (excluding diaryl/α,β-unsaturated/α-hetero) is 1. The Balaban J connectivity index is 0.000000171. The standard InChI is InChI=1S/C21H21N3O.C21H19N3O.CH4/c2*1-13-16-10-9-15-12-23-20(14-7-5-4-6-8-14)24-19(15)21(16,2)11-17(22-3)18(13)25;/h4-8,12-13,16,25H,9-11H2,1-2H3;4-8,11-13,16H,9-10H2,1-2H3;1H4/t2*13-,16-,21-;/m00./s1/i;;1T. The zero-order valence-corrected chi connectivity index (χ0v) is 29.9. The van der Waals surface area contributed by atoms with Gasteiger partial charge in [0.15, 0.2) is 17.4 Å². The number of allylic oxidation sites excluding steroid dienone is 4. The molecule has 8 nitrogen and oxygen atoms in total. The first-order chi connectivity index (χ1) is 25.1. The van der Waals surface area contributed by atoms with Crippen LogP contribution < -0.4 is 0 Å². The molecule has 0 bridgehead atoms. The summed E-state index contributed by atoms with van der Waals surface area (Å²) in [5.74, 6) is 1.99. The number of aryl methyl sites for hydroxylation is 2. The van der Waals surface area contributed by atoms with E-state index in [1.807, 2.05) is 93.0 Å². The second-order valence-corrected chi connectivity index (χ2v) is 14.6. The number of ketones is 1. The maximum Gasteiger partial charge on any atom is 0.226 e. The minimum atomic E-state index is -0.396. The summed E-state index contributed by atoms with van der Waals surface area (Å²) in [5, 5.41) is 10.4. The van der Waals surface area contributed by atoms with Crippen molar-refractivity contribution in [2.24, 2.45) is 23.7 Å². The zero-order valence-electron chi connectivity index (χ0n) is 30.9. The number of hydrogen-bond acceptors (Lipinski definition) is 6. The molecule has 6 atom stereocenters. The Kier molecular flexibility index (Phi) is 9.12. The van der Waals surface area contributed by atoms with E-state index in [-0.39, 0.29) is 40.4 Å². The molecule has 4 aliphatic rings. The molecular formula is C43H44N6O2. The monoisotopic (exact) mass is 678 g/mol. The fourth-order valence-electron chi connectivity index (χ4n) is 8.99. The molecule has 0 saturated carbocycles. The third kappa shape index (κ3) is 5.93. The molecule has 2 heterocycles. The second-order valence-electron chi connectivity index (χ2n) is 14.6. The van der Waals surface area contributed by atoms with Crippen LogP contribution in [0.4, 0.5) is 0 Å². The van der Waals surface area contributed by atoms with E-state index in [0.717, 1.165) is 59.6 Å². The number of benzene rings is 2. The molecule has 0 amide bonds. The number of carbonyl (C=O) groups excluding carboxylic acids is 1. The number of hydrogen-bond donors (Lipinski definition) is 1. The first-order valence-corrected chi connectivity index (χ1v) is 17.4. The van der Waals surface area contributed by atoms with Crippen LogP contribution in [0.25, 0.3) is 32.5 Å². The average molecular weight is 679 g/mol. The van der Waals surface area contributed by atoms with Crippen LogP contribution in [0.15, 0.2) is 96.3 Å². The highest BCUT2D eigenvalue weighted by atomic mass is 16.3. The van der Waals surface area contributed by atoms with Crippen LogP contribution >= 0.6 is 0 Å². The highest BCUT2D eigenvalue weighted by Crippen LogP contribution is 2.53. The SMILES string of the molecule is [3H]C.[C-]#[N+]C1=C(O)[C@@H](C)[C@@H]2CCc3cnc(-c4ccccc4)nc3[C@@]2(C)C1.[C-]#[N+]C1=C[C@]2(C)c3nc(-c4ccccc4)ncc3CC[C@H]2[C@H](C)C1=O. The Bertz CT molecular complexity index is 2140. The first kappa shape index (κ1) is 34.0. The maximum atomic E-state index is 12.4. The van der Waals surface area contributed by atoms with Crippen molar-refractivity contribution in [3.8, 4) is 22.8 Å². The number of aliphatic hydroxyl groups excluding tert-OH is 1. The maximum absolute atomic E-state index is 12.4. The van der Waals surface area contributed by atoms with E-state index < -0.39 is 5.41 Å². The molecule has 0 saturated heterocycles. The summed E-state index contributed by atoms with van der Waals surface area (Å²) in [6, 6.07) is 19.9. The Morgan fingerprint density at radius 3 is 1.88 bits per heavy atom. The number of aromatic nitrogens is 4. The molecule has 258 valence electrons. The summed E-state index contributed by atoms with van der Waals surface area (Å²) in [5.41, 5.74) is 6.42. The fraction of sp³-hybridized carbons (Fsp3) is 0.372. The van der Waals surface area contributed by atoms with Crippen LogP contribution in [-0.2, 0) is 28.5 Å².